The van der Waals surface area contributed by atoms with Crippen molar-refractivity contribution in [3.05, 3.63) is 77.9 Å². The number of hydrogen-bond acceptors (Lipinski definition) is 4. The lowest BCUT2D eigenvalue weighted by Gasteiger charge is -2.17. The average molecular weight is 443 g/mol. The molecule has 2 N–H and O–H groups in total. The molecule has 170 valence electrons. The lowest BCUT2D eigenvalue weighted by atomic mass is 10.1. The molecule has 0 saturated carbocycles. The zero-order chi connectivity index (χ0) is 22.8. The molecule has 0 unspecified atom stereocenters. The van der Waals surface area contributed by atoms with Crippen LogP contribution in [-0.2, 0) is 19.6 Å². The molecule has 0 aliphatic heterocycles. The first-order valence-electron chi connectivity index (χ1n) is 10.3. The molecule has 0 bridgehead atoms. The van der Waals surface area contributed by atoms with E-state index in [1.165, 1.54) is 5.56 Å². The lowest BCUT2D eigenvalue weighted by molar-refractivity contribution is -0.0520. The molecule has 1 heterocycles. The minimum absolute atomic E-state index is 0.0285. The average Bonchev–Trinajstić information content (AvgIpc) is 3.29. The van der Waals surface area contributed by atoms with Crippen molar-refractivity contribution in [1.82, 2.24) is 20.2 Å². The normalized spacial score (nSPS) is 11.5. The van der Waals surface area contributed by atoms with Gasteiger partial charge in [-0.05, 0) is 24.1 Å². The summed E-state index contributed by atoms with van der Waals surface area (Å²) in [5, 5.41) is 6.35. The van der Waals surface area contributed by atoms with Gasteiger partial charge in [-0.25, -0.2) is 4.98 Å². The van der Waals surface area contributed by atoms with Crippen LogP contribution in [0.4, 0.5) is 8.78 Å². The zero-order valence-electron chi connectivity index (χ0n) is 18.1. The molecule has 1 aromatic heterocycles. The molecule has 0 aliphatic carbocycles. The predicted octanol–water partition coefficient (Wildman–Crippen LogP) is 3.80. The summed E-state index contributed by atoms with van der Waals surface area (Å²) in [6, 6.07) is 13.3. The van der Waals surface area contributed by atoms with Crippen molar-refractivity contribution in [2.45, 2.75) is 33.2 Å². The second-order valence-corrected chi connectivity index (χ2v) is 6.89. The van der Waals surface area contributed by atoms with Crippen molar-refractivity contribution in [3.63, 3.8) is 0 Å². The SMILES string of the molecule is CCOc1cccc(CNC(=NC)NCc2ccc(Cn3ccnc3)cc2)c1OC(F)F. The van der Waals surface area contributed by atoms with Gasteiger partial charge in [-0.1, -0.05) is 36.4 Å². The van der Waals surface area contributed by atoms with Crippen LogP contribution in [0, 0.1) is 0 Å². The predicted molar refractivity (Wildman–Crippen MR) is 119 cm³/mol. The summed E-state index contributed by atoms with van der Waals surface area (Å²) in [6.45, 7) is 0.760. The highest BCUT2D eigenvalue weighted by molar-refractivity contribution is 5.79. The van der Waals surface area contributed by atoms with E-state index in [1.807, 2.05) is 22.9 Å². The number of halogens is 2. The largest absolute Gasteiger partial charge is 0.490 e. The molecule has 0 fully saturated rings. The van der Waals surface area contributed by atoms with Gasteiger partial charge in [0.05, 0.1) is 12.9 Å². The van der Waals surface area contributed by atoms with E-state index >= 15 is 0 Å². The Hall–Kier alpha value is -3.62. The molecular weight excluding hydrogens is 416 g/mol. The quantitative estimate of drug-likeness (QED) is 0.368. The van der Waals surface area contributed by atoms with Crippen molar-refractivity contribution in [2.24, 2.45) is 4.99 Å². The Kier molecular flexibility index (Phi) is 8.42. The van der Waals surface area contributed by atoms with Crippen LogP contribution in [0.1, 0.15) is 23.6 Å². The Balaban J connectivity index is 1.56. The van der Waals surface area contributed by atoms with Gasteiger partial charge < -0.3 is 24.7 Å². The van der Waals surface area contributed by atoms with Gasteiger partial charge in [-0.3, -0.25) is 4.99 Å². The maximum absolute atomic E-state index is 12.9. The van der Waals surface area contributed by atoms with Crippen molar-refractivity contribution in [3.8, 4) is 11.5 Å². The van der Waals surface area contributed by atoms with E-state index in [1.54, 1.807) is 44.7 Å². The third-order valence-corrected chi connectivity index (χ3v) is 4.64. The van der Waals surface area contributed by atoms with Crippen LogP contribution in [0.15, 0.2) is 66.2 Å². The summed E-state index contributed by atoms with van der Waals surface area (Å²) in [7, 11) is 1.65. The van der Waals surface area contributed by atoms with Gasteiger partial charge in [0.2, 0.25) is 0 Å². The van der Waals surface area contributed by atoms with Gasteiger partial charge >= 0.3 is 6.61 Å². The summed E-state index contributed by atoms with van der Waals surface area (Å²) in [5.41, 5.74) is 2.81. The Bertz CT molecular complexity index is 992. The first kappa shape index (κ1) is 23.1. The van der Waals surface area contributed by atoms with Gasteiger partial charge in [0.1, 0.15) is 0 Å². The van der Waals surface area contributed by atoms with Crippen LogP contribution in [0.5, 0.6) is 11.5 Å². The Morgan fingerprint density at radius 2 is 1.84 bits per heavy atom. The number of guanidine groups is 1. The summed E-state index contributed by atoms with van der Waals surface area (Å²) < 4.78 is 37.9. The van der Waals surface area contributed by atoms with Gasteiger partial charge in [0.15, 0.2) is 17.5 Å². The fraction of sp³-hybridized carbons (Fsp3) is 0.304. The minimum atomic E-state index is -2.94. The monoisotopic (exact) mass is 443 g/mol. The number of aliphatic imine (C=N–C) groups is 1. The third-order valence-electron chi connectivity index (χ3n) is 4.64. The number of hydrogen-bond donors (Lipinski definition) is 2. The molecule has 0 saturated heterocycles. The van der Waals surface area contributed by atoms with Crippen molar-refractivity contribution in [2.75, 3.05) is 13.7 Å². The van der Waals surface area contributed by atoms with E-state index in [-0.39, 0.29) is 18.0 Å². The number of alkyl halides is 2. The number of nitrogens with zero attached hydrogens (tertiary/aromatic N) is 3. The molecule has 9 heteroatoms. The maximum atomic E-state index is 12.9. The number of nitrogens with one attached hydrogen (secondary N) is 2. The van der Waals surface area contributed by atoms with Gasteiger partial charge in [0.25, 0.3) is 0 Å². The molecule has 0 spiro atoms. The Morgan fingerprint density at radius 3 is 2.50 bits per heavy atom. The summed E-state index contributed by atoms with van der Waals surface area (Å²) in [6.07, 6.45) is 5.46. The molecule has 3 rings (SSSR count). The fourth-order valence-corrected chi connectivity index (χ4v) is 3.13. The zero-order valence-corrected chi connectivity index (χ0v) is 18.1. The van der Waals surface area contributed by atoms with E-state index in [4.69, 9.17) is 9.47 Å². The molecule has 32 heavy (non-hydrogen) atoms. The molecule has 2 aromatic carbocycles. The van der Waals surface area contributed by atoms with E-state index in [9.17, 15) is 8.78 Å². The van der Waals surface area contributed by atoms with Crippen LogP contribution >= 0.6 is 0 Å². The number of para-hydroxylation sites is 1. The Morgan fingerprint density at radius 1 is 1.09 bits per heavy atom. The summed E-state index contributed by atoms with van der Waals surface area (Å²) in [4.78, 5) is 8.25. The highest BCUT2D eigenvalue weighted by Crippen LogP contribution is 2.32. The molecule has 0 aliphatic rings. The number of imidazole rings is 1. The van der Waals surface area contributed by atoms with E-state index in [0.717, 1.165) is 12.1 Å². The number of benzene rings is 2. The molecule has 0 amide bonds. The lowest BCUT2D eigenvalue weighted by Crippen LogP contribution is -2.36. The van der Waals surface area contributed by atoms with Gasteiger partial charge in [-0.2, -0.15) is 8.78 Å². The molecule has 0 radical (unpaired) electrons. The second-order valence-electron chi connectivity index (χ2n) is 6.89. The van der Waals surface area contributed by atoms with Gasteiger partial charge in [-0.15, -0.1) is 0 Å². The molecule has 0 atom stereocenters. The van der Waals surface area contributed by atoms with Gasteiger partial charge in [0, 0.05) is 44.6 Å². The number of ether oxygens (including phenoxy) is 2. The standard InChI is InChI=1S/C23H27F2N5O2/c1-3-31-20-6-4-5-19(21(20)32-22(24)25)14-29-23(26-2)28-13-17-7-9-18(10-8-17)15-30-12-11-27-16-30/h4-12,16,22H,3,13-15H2,1-2H3,(H2,26,28,29). The van der Waals surface area contributed by atoms with E-state index in [2.05, 4.69) is 32.7 Å². The van der Waals surface area contributed by atoms with Crippen LogP contribution in [0.25, 0.3) is 0 Å². The molecule has 7 nitrogen and oxygen atoms in total. The maximum Gasteiger partial charge on any atom is 0.387 e. The first-order chi connectivity index (χ1) is 15.6. The van der Waals surface area contributed by atoms with Crippen LogP contribution in [-0.4, -0.2) is 35.8 Å². The van der Waals surface area contributed by atoms with Crippen LogP contribution in [0.2, 0.25) is 0 Å². The summed E-state index contributed by atoms with van der Waals surface area (Å²) in [5.74, 6) is 0.851. The smallest absolute Gasteiger partial charge is 0.387 e. The highest BCUT2D eigenvalue weighted by Gasteiger charge is 2.16. The van der Waals surface area contributed by atoms with Crippen molar-refractivity contribution in [1.29, 1.82) is 0 Å². The van der Waals surface area contributed by atoms with Crippen molar-refractivity contribution < 1.29 is 18.3 Å². The van der Waals surface area contributed by atoms with Crippen LogP contribution in [0.3, 0.4) is 0 Å². The van der Waals surface area contributed by atoms with E-state index in [0.29, 0.717) is 24.7 Å². The number of aromatic nitrogens is 2. The second kappa shape index (κ2) is 11.7. The topological polar surface area (TPSA) is 72.7 Å². The summed E-state index contributed by atoms with van der Waals surface area (Å²) >= 11 is 0. The third kappa shape index (κ3) is 6.69. The first-order valence-corrected chi connectivity index (χ1v) is 10.3. The van der Waals surface area contributed by atoms with Crippen molar-refractivity contribution >= 4 is 5.96 Å². The fourth-order valence-electron chi connectivity index (χ4n) is 3.13. The van der Waals surface area contributed by atoms with Crippen LogP contribution < -0.4 is 20.1 Å². The molecule has 3 aromatic rings. The number of rotatable bonds is 10. The minimum Gasteiger partial charge on any atom is -0.490 e. The Labute approximate surface area is 186 Å². The van der Waals surface area contributed by atoms with E-state index < -0.39 is 6.61 Å². The highest BCUT2D eigenvalue weighted by atomic mass is 19.3. The molecular formula is C23H27F2N5O2.